The maximum absolute atomic E-state index is 15.0. The van der Waals surface area contributed by atoms with E-state index in [9.17, 15) is 8.78 Å². The molecule has 174 valence electrons. The number of rotatable bonds is 4. The van der Waals surface area contributed by atoms with Gasteiger partial charge in [-0.25, -0.2) is 13.2 Å². The number of fused-ring (bicyclic) bond motifs is 1. The summed E-state index contributed by atoms with van der Waals surface area (Å²) in [6.45, 7) is 3.75. The molecule has 0 N–H and O–H groups in total. The smallest absolute Gasteiger partial charge is 0.174 e. The first-order valence-corrected chi connectivity index (χ1v) is 12.3. The van der Waals surface area contributed by atoms with Gasteiger partial charge in [0, 0.05) is 5.56 Å². The van der Waals surface area contributed by atoms with E-state index in [0.717, 1.165) is 31.1 Å². The second-order valence-electron chi connectivity index (χ2n) is 9.90. The number of halogens is 3. The maximum atomic E-state index is 15.0. The van der Waals surface area contributed by atoms with E-state index in [-0.39, 0.29) is 17.3 Å². The Hall–Kier alpha value is -2.47. The van der Waals surface area contributed by atoms with Gasteiger partial charge < -0.3 is 0 Å². The maximum Gasteiger partial charge on any atom is 0.174 e. The van der Waals surface area contributed by atoms with Crippen LogP contribution in [0.25, 0.3) is 0 Å². The summed E-state index contributed by atoms with van der Waals surface area (Å²) in [4.78, 5) is 0. The van der Waals surface area contributed by atoms with Crippen molar-refractivity contribution in [2.45, 2.75) is 71.1 Å². The third-order valence-electron chi connectivity index (χ3n) is 7.76. The molecule has 2 saturated carbocycles. The van der Waals surface area contributed by atoms with E-state index in [0.29, 0.717) is 22.6 Å². The molecule has 4 atom stereocenters. The van der Waals surface area contributed by atoms with Crippen LogP contribution in [0.1, 0.15) is 86.5 Å². The summed E-state index contributed by atoms with van der Waals surface area (Å²) in [5.74, 6) is 5.68. The fourth-order valence-corrected chi connectivity index (χ4v) is 5.82. The van der Waals surface area contributed by atoms with Crippen molar-refractivity contribution >= 4 is 0 Å². The van der Waals surface area contributed by atoms with E-state index < -0.39 is 11.6 Å². The highest BCUT2D eigenvalue weighted by Crippen LogP contribution is 2.48. The molecular formula is C30H33F3. The Balaban J connectivity index is 1.43. The molecule has 0 aromatic heterocycles. The molecule has 2 aromatic carbocycles. The van der Waals surface area contributed by atoms with Crippen LogP contribution >= 0.6 is 0 Å². The van der Waals surface area contributed by atoms with Crippen LogP contribution in [0.5, 0.6) is 0 Å². The largest absolute Gasteiger partial charge is 0.207 e. The summed E-state index contributed by atoms with van der Waals surface area (Å²) in [5, 5.41) is 0. The first kappa shape index (κ1) is 23.7. The molecule has 0 amide bonds. The standard InChI is InChI=1S/C30H33F3/c1-3-4-5-6-21-10-12-25-19-26(14-13-24(25)17-21)27-16-15-23(29(32)30(27)33)11-9-22-8-7-20(2)28(31)18-22/h3-4,7-8,15-16,18,21,24-26H,5-6,10,12-14,17,19H2,1-2H3/b4-3+. The molecule has 0 radical (unpaired) electrons. The first-order valence-electron chi connectivity index (χ1n) is 12.3. The van der Waals surface area contributed by atoms with Gasteiger partial charge in [-0.15, -0.1) is 0 Å². The minimum atomic E-state index is -0.887. The normalized spacial score (nSPS) is 24.9. The van der Waals surface area contributed by atoms with Crippen LogP contribution < -0.4 is 0 Å². The molecule has 2 fully saturated rings. The number of benzene rings is 2. The molecule has 2 aliphatic rings. The Morgan fingerprint density at radius 2 is 1.70 bits per heavy atom. The van der Waals surface area contributed by atoms with E-state index in [1.165, 1.54) is 38.2 Å². The van der Waals surface area contributed by atoms with Crippen LogP contribution in [-0.4, -0.2) is 0 Å². The van der Waals surface area contributed by atoms with E-state index in [1.54, 1.807) is 31.2 Å². The minimum absolute atomic E-state index is 0.0209. The van der Waals surface area contributed by atoms with E-state index >= 15 is 4.39 Å². The summed E-state index contributed by atoms with van der Waals surface area (Å²) in [6.07, 6.45) is 13.6. The van der Waals surface area contributed by atoms with Crippen LogP contribution in [0.4, 0.5) is 13.2 Å². The fourth-order valence-electron chi connectivity index (χ4n) is 5.82. The topological polar surface area (TPSA) is 0 Å². The Kier molecular flexibility index (Phi) is 7.63. The molecule has 33 heavy (non-hydrogen) atoms. The minimum Gasteiger partial charge on any atom is -0.207 e. The lowest BCUT2D eigenvalue weighted by Crippen LogP contribution is -2.30. The summed E-state index contributed by atoms with van der Waals surface area (Å²) < 4.78 is 43.6. The van der Waals surface area contributed by atoms with Crippen molar-refractivity contribution in [3.63, 3.8) is 0 Å². The second kappa shape index (κ2) is 10.6. The molecule has 2 aliphatic carbocycles. The average molecular weight is 451 g/mol. The van der Waals surface area contributed by atoms with E-state index in [1.807, 2.05) is 0 Å². The summed E-state index contributed by atoms with van der Waals surface area (Å²) in [6, 6.07) is 7.92. The van der Waals surface area contributed by atoms with Crippen LogP contribution in [0.3, 0.4) is 0 Å². The van der Waals surface area contributed by atoms with Crippen molar-refractivity contribution in [2.75, 3.05) is 0 Å². The number of allylic oxidation sites excluding steroid dienone is 2. The highest BCUT2D eigenvalue weighted by Gasteiger charge is 2.36. The van der Waals surface area contributed by atoms with Crippen LogP contribution in [0.2, 0.25) is 0 Å². The lowest BCUT2D eigenvalue weighted by molar-refractivity contribution is 0.114. The lowest BCUT2D eigenvalue weighted by Gasteiger charge is -2.42. The van der Waals surface area contributed by atoms with Gasteiger partial charge in [-0.3, -0.25) is 0 Å². The van der Waals surface area contributed by atoms with Crippen molar-refractivity contribution in [3.8, 4) is 11.8 Å². The molecule has 0 aliphatic heterocycles. The van der Waals surface area contributed by atoms with Crippen molar-refractivity contribution in [1.29, 1.82) is 0 Å². The van der Waals surface area contributed by atoms with Crippen LogP contribution in [-0.2, 0) is 0 Å². The van der Waals surface area contributed by atoms with E-state index in [2.05, 4.69) is 30.9 Å². The van der Waals surface area contributed by atoms with Crippen molar-refractivity contribution < 1.29 is 13.2 Å². The third-order valence-corrected chi connectivity index (χ3v) is 7.76. The predicted octanol–water partition coefficient (Wildman–Crippen LogP) is 8.47. The highest BCUT2D eigenvalue weighted by atomic mass is 19.2. The molecule has 2 aromatic rings. The zero-order valence-corrected chi connectivity index (χ0v) is 19.6. The number of hydrogen-bond donors (Lipinski definition) is 0. The molecule has 4 rings (SSSR count). The quantitative estimate of drug-likeness (QED) is 0.324. The fraction of sp³-hybridized carbons (Fsp3) is 0.467. The summed E-state index contributed by atoms with van der Waals surface area (Å²) in [5.41, 5.74) is 1.49. The Morgan fingerprint density at radius 1 is 0.909 bits per heavy atom. The van der Waals surface area contributed by atoms with Crippen LogP contribution in [0.15, 0.2) is 42.5 Å². The third kappa shape index (κ3) is 5.55. The van der Waals surface area contributed by atoms with Gasteiger partial charge in [0.15, 0.2) is 11.6 Å². The predicted molar refractivity (Wildman–Crippen MR) is 128 cm³/mol. The van der Waals surface area contributed by atoms with Gasteiger partial charge >= 0.3 is 0 Å². The van der Waals surface area contributed by atoms with Crippen molar-refractivity contribution in [1.82, 2.24) is 0 Å². The van der Waals surface area contributed by atoms with Gasteiger partial charge in [0.25, 0.3) is 0 Å². The van der Waals surface area contributed by atoms with Gasteiger partial charge in [0.1, 0.15) is 5.82 Å². The van der Waals surface area contributed by atoms with Crippen molar-refractivity contribution in [2.24, 2.45) is 17.8 Å². The van der Waals surface area contributed by atoms with Gasteiger partial charge in [0.05, 0.1) is 5.56 Å². The first-order chi connectivity index (χ1) is 16.0. The monoisotopic (exact) mass is 450 g/mol. The van der Waals surface area contributed by atoms with Gasteiger partial charge in [-0.05, 0) is 112 Å². The van der Waals surface area contributed by atoms with Gasteiger partial charge in [0.2, 0.25) is 0 Å². The number of hydrogen-bond acceptors (Lipinski definition) is 0. The lowest BCUT2D eigenvalue weighted by atomic mass is 9.63. The molecular weight excluding hydrogens is 417 g/mol. The van der Waals surface area contributed by atoms with Crippen LogP contribution in [0, 0.1) is 54.0 Å². The second-order valence-corrected chi connectivity index (χ2v) is 9.90. The Morgan fingerprint density at radius 3 is 2.48 bits per heavy atom. The van der Waals surface area contributed by atoms with Gasteiger partial charge in [-0.1, -0.05) is 42.5 Å². The zero-order valence-electron chi connectivity index (χ0n) is 19.6. The Bertz CT molecular complexity index is 1070. The molecule has 0 nitrogen and oxygen atoms in total. The molecule has 0 spiro atoms. The average Bonchev–Trinajstić information content (AvgIpc) is 2.82. The molecule has 0 heterocycles. The summed E-state index contributed by atoms with van der Waals surface area (Å²) in [7, 11) is 0. The molecule has 0 bridgehead atoms. The summed E-state index contributed by atoms with van der Waals surface area (Å²) >= 11 is 0. The zero-order chi connectivity index (χ0) is 23.4. The molecule has 4 unspecified atom stereocenters. The highest BCUT2D eigenvalue weighted by molar-refractivity contribution is 5.45. The molecule has 0 saturated heterocycles. The van der Waals surface area contributed by atoms with E-state index in [4.69, 9.17) is 0 Å². The SMILES string of the molecule is C/C=C/CCC1CCC2CC(c3ccc(C#Cc4ccc(C)c(F)c4)c(F)c3F)CCC2C1. The molecule has 3 heteroatoms. The Labute approximate surface area is 196 Å². The van der Waals surface area contributed by atoms with Crippen molar-refractivity contribution in [3.05, 3.63) is 82.2 Å². The number of aryl methyl sites for hydroxylation is 1. The van der Waals surface area contributed by atoms with Gasteiger partial charge in [-0.2, -0.15) is 0 Å².